The molecular formula is C24H23ClN2O3. The number of rotatable bonds is 6. The maximum Gasteiger partial charge on any atom is 0.258 e. The molecule has 30 heavy (non-hydrogen) atoms. The maximum absolute atomic E-state index is 13.4. The van der Waals surface area contributed by atoms with Crippen molar-refractivity contribution in [1.29, 1.82) is 0 Å². The van der Waals surface area contributed by atoms with E-state index in [-0.39, 0.29) is 17.9 Å². The van der Waals surface area contributed by atoms with Crippen molar-refractivity contribution in [3.05, 3.63) is 81.1 Å². The molecule has 0 unspecified atom stereocenters. The van der Waals surface area contributed by atoms with Crippen molar-refractivity contribution in [2.24, 2.45) is 0 Å². The molecule has 1 aromatic heterocycles. The number of aromatic nitrogens is 1. The minimum atomic E-state index is -0.110. The largest absolute Gasteiger partial charge is 0.383 e. The molecule has 1 aliphatic rings. The average Bonchev–Trinajstić information content (AvgIpc) is 2.76. The number of nitrogens with zero attached hydrogens (tertiary/aromatic N) is 1. The molecule has 4 rings (SSSR count). The number of methoxy groups -OCH3 is 1. The number of aryl methyl sites for hydroxylation is 1. The van der Waals surface area contributed by atoms with Gasteiger partial charge in [0.1, 0.15) is 0 Å². The molecular weight excluding hydrogens is 400 g/mol. The Kier molecular flexibility index (Phi) is 6.02. The Morgan fingerprint density at radius 2 is 1.93 bits per heavy atom. The predicted octanol–water partition coefficient (Wildman–Crippen LogP) is 3.70. The fourth-order valence-corrected chi connectivity index (χ4v) is 4.14. The van der Waals surface area contributed by atoms with E-state index < -0.39 is 0 Å². The Labute approximate surface area is 180 Å². The molecule has 1 amide bonds. The molecule has 1 aliphatic heterocycles. The molecule has 0 atom stereocenters. The van der Waals surface area contributed by atoms with Crippen LogP contribution in [0.2, 0.25) is 5.02 Å². The van der Waals surface area contributed by atoms with Gasteiger partial charge in [0.05, 0.1) is 18.7 Å². The quantitative estimate of drug-likeness (QED) is 0.616. The van der Waals surface area contributed by atoms with Crippen LogP contribution < -0.4 is 10.9 Å². The van der Waals surface area contributed by atoms with Gasteiger partial charge in [0.25, 0.3) is 5.56 Å². The lowest BCUT2D eigenvalue weighted by Gasteiger charge is -2.26. The first kappa shape index (κ1) is 20.4. The predicted molar refractivity (Wildman–Crippen MR) is 119 cm³/mol. The maximum atomic E-state index is 13.4. The first-order valence-electron chi connectivity index (χ1n) is 9.95. The summed E-state index contributed by atoms with van der Waals surface area (Å²) in [7, 11) is 1.60. The van der Waals surface area contributed by atoms with E-state index in [4.69, 9.17) is 16.3 Å². The van der Waals surface area contributed by atoms with Crippen LogP contribution >= 0.6 is 11.6 Å². The topological polar surface area (TPSA) is 60.3 Å². The number of fused-ring (bicyclic) bond motifs is 3. The summed E-state index contributed by atoms with van der Waals surface area (Å²) in [5.41, 5.74) is 5.04. The molecule has 2 heterocycles. The smallest absolute Gasteiger partial charge is 0.258 e. The molecule has 0 aliphatic carbocycles. The second kappa shape index (κ2) is 8.86. The number of carbonyl (C=O) groups excluding carboxylic acids is 1. The molecule has 5 nitrogen and oxygen atoms in total. The number of halogens is 1. The fraction of sp³-hybridized carbons (Fsp3) is 0.250. The van der Waals surface area contributed by atoms with Crippen molar-refractivity contribution in [1.82, 2.24) is 9.88 Å². The zero-order chi connectivity index (χ0) is 21.1. The minimum absolute atomic E-state index is 0.0506. The number of hydrogen-bond acceptors (Lipinski definition) is 3. The van der Waals surface area contributed by atoms with Crippen LogP contribution in [0.25, 0.3) is 22.4 Å². The number of benzene rings is 2. The van der Waals surface area contributed by atoms with Crippen LogP contribution in [-0.4, -0.2) is 30.7 Å². The number of amides is 1. The van der Waals surface area contributed by atoms with Crippen LogP contribution in [0.3, 0.4) is 0 Å². The summed E-state index contributed by atoms with van der Waals surface area (Å²) in [6.45, 7) is 1.46. The van der Waals surface area contributed by atoms with Crippen LogP contribution in [0.1, 0.15) is 11.1 Å². The van der Waals surface area contributed by atoms with Gasteiger partial charge in [0, 0.05) is 36.3 Å². The van der Waals surface area contributed by atoms with Crippen LogP contribution in [-0.2, 0) is 28.9 Å². The monoisotopic (exact) mass is 422 g/mol. The third-order valence-electron chi connectivity index (χ3n) is 5.36. The lowest BCUT2D eigenvalue weighted by molar-refractivity contribution is -0.120. The molecule has 0 saturated heterocycles. The minimum Gasteiger partial charge on any atom is -0.383 e. The zero-order valence-corrected chi connectivity index (χ0v) is 17.5. The highest BCUT2D eigenvalue weighted by molar-refractivity contribution is 6.30. The van der Waals surface area contributed by atoms with Gasteiger partial charge in [-0.3, -0.25) is 9.59 Å². The van der Waals surface area contributed by atoms with Gasteiger partial charge >= 0.3 is 0 Å². The lowest BCUT2D eigenvalue weighted by Crippen LogP contribution is -2.32. The van der Waals surface area contributed by atoms with Crippen molar-refractivity contribution in [2.75, 3.05) is 20.3 Å². The number of hydrogen-bond donors (Lipinski definition) is 1. The number of pyridine rings is 1. The molecule has 2 aromatic carbocycles. The highest BCUT2D eigenvalue weighted by atomic mass is 35.5. The first-order valence-corrected chi connectivity index (χ1v) is 10.3. The van der Waals surface area contributed by atoms with E-state index in [9.17, 15) is 9.59 Å². The Hall–Kier alpha value is -2.89. The summed E-state index contributed by atoms with van der Waals surface area (Å²) in [4.78, 5) is 26.0. The molecule has 3 aromatic rings. The second-order valence-electron chi connectivity index (χ2n) is 7.33. The molecule has 6 heteroatoms. The van der Waals surface area contributed by atoms with E-state index in [2.05, 4.69) is 5.32 Å². The number of ether oxygens (including phenoxy) is 1. The third kappa shape index (κ3) is 4.04. The highest BCUT2D eigenvalue weighted by Gasteiger charge is 2.24. The van der Waals surface area contributed by atoms with Gasteiger partial charge in [-0.1, -0.05) is 48.0 Å². The van der Waals surface area contributed by atoms with Crippen LogP contribution in [0.4, 0.5) is 0 Å². The van der Waals surface area contributed by atoms with Crippen molar-refractivity contribution in [2.45, 2.75) is 19.4 Å². The summed E-state index contributed by atoms with van der Waals surface area (Å²) in [6.07, 6.45) is 0.919. The van der Waals surface area contributed by atoms with Gasteiger partial charge in [0.2, 0.25) is 5.91 Å². The standard InChI is InChI=1S/C24H23ClN2O3/c1-30-12-10-26-22(28)14-18-13-21(16-5-3-2-4-6-16)24(29)27-11-9-17-7-8-19(25)15-20(17)23(18)27/h2-8,13,15H,9-12,14H2,1H3,(H,26,28). The Morgan fingerprint density at radius 3 is 2.70 bits per heavy atom. The van der Waals surface area contributed by atoms with Gasteiger partial charge in [-0.05, 0) is 41.3 Å². The summed E-state index contributed by atoms with van der Waals surface area (Å²) in [5.74, 6) is -0.110. The Bertz CT molecular complexity index is 1140. The summed E-state index contributed by atoms with van der Waals surface area (Å²) in [6, 6.07) is 17.2. The molecule has 0 spiro atoms. The second-order valence-corrected chi connectivity index (χ2v) is 7.76. The normalized spacial score (nSPS) is 12.2. The van der Waals surface area contributed by atoms with E-state index >= 15 is 0 Å². The van der Waals surface area contributed by atoms with E-state index in [0.29, 0.717) is 30.3 Å². The van der Waals surface area contributed by atoms with Crippen LogP contribution in [0.5, 0.6) is 0 Å². The van der Waals surface area contributed by atoms with E-state index in [1.54, 1.807) is 11.7 Å². The van der Waals surface area contributed by atoms with Gasteiger partial charge in [-0.15, -0.1) is 0 Å². The molecule has 0 radical (unpaired) electrons. The van der Waals surface area contributed by atoms with E-state index in [0.717, 1.165) is 34.4 Å². The number of carbonyl (C=O) groups is 1. The highest BCUT2D eigenvalue weighted by Crippen LogP contribution is 2.35. The molecule has 0 saturated carbocycles. The van der Waals surface area contributed by atoms with Crippen molar-refractivity contribution in [3.63, 3.8) is 0 Å². The Morgan fingerprint density at radius 1 is 1.13 bits per heavy atom. The van der Waals surface area contributed by atoms with Gasteiger partial charge < -0.3 is 14.6 Å². The summed E-state index contributed by atoms with van der Waals surface area (Å²) >= 11 is 6.27. The lowest BCUT2D eigenvalue weighted by atomic mass is 9.91. The van der Waals surface area contributed by atoms with Gasteiger partial charge in [0.15, 0.2) is 0 Å². The van der Waals surface area contributed by atoms with E-state index in [1.807, 2.05) is 54.6 Å². The molecule has 154 valence electrons. The van der Waals surface area contributed by atoms with Crippen LogP contribution in [0.15, 0.2) is 59.4 Å². The molecule has 1 N–H and O–H groups in total. The van der Waals surface area contributed by atoms with Gasteiger partial charge in [-0.25, -0.2) is 0 Å². The SMILES string of the molecule is COCCNC(=O)Cc1cc(-c2ccccc2)c(=O)n2c1-c1cc(Cl)ccc1CC2. The number of nitrogens with one attached hydrogen (secondary N) is 1. The summed E-state index contributed by atoms with van der Waals surface area (Å²) in [5, 5.41) is 3.48. The molecule has 0 fully saturated rings. The fourth-order valence-electron chi connectivity index (χ4n) is 3.96. The molecule has 0 bridgehead atoms. The average molecular weight is 423 g/mol. The third-order valence-corrected chi connectivity index (χ3v) is 5.60. The first-order chi connectivity index (χ1) is 14.6. The van der Waals surface area contributed by atoms with Crippen molar-refractivity contribution < 1.29 is 9.53 Å². The van der Waals surface area contributed by atoms with Crippen molar-refractivity contribution >= 4 is 17.5 Å². The Balaban J connectivity index is 1.86. The van der Waals surface area contributed by atoms with Gasteiger partial charge in [-0.2, -0.15) is 0 Å². The summed E-state index contributed by atoms with van der Waals surface area (Å²) < 4.78 is 6.80. The zero-order valence-electron chi connectivity index (χ0n) is 16.8. The van der Waals surface area contributed by atoms with E-state index in [1.165, 1.54) is 0 Å². The van der Waals surface area contributed by atoms with Crippen molar-refractivity contribution in [3.8, 4) is 22.4 Å². The van der Waals surface area contributed by atoms with Crippen LogP contribution in [0, 0.1) is 0 Å².